The molecule has 1 aromatic heterocycles. The van der Waals surface area contributed by atoms with Crippen LogP contribution < -0.4 is 0 Å². The maximum atomic E-state index is 13.7. The minimum absolute atomic E-state index is 0.282. The maximum absolute atomic E-state index is 13.7. The van der Waals surface area contributed by atoms with Gasteiger partial charge in [0.25, 0.3) is 0 Å². The summed E-state index contributed by atoms with van der Waals surface area (Å²) in [6, 6.07) is 8.55. The minimum atomic E-state index is -0.360. The lowest BCUT2D eigenvalue weighted by molar-refractivity contribution is -0.140. The molecule has 0 bridgehead atoms. The Hall–Kier alpha value is -2.17. The smallest absolute Gasteiger partial charge is 0.233 e. The Bertz CT molecular complexity index is 789. The van der Waals surface area contributed by atoms with E-state index in [0.29, 0.717) is 6.54 Å². The number of aryl methyl sites for hydroxylation is 2. The van der Waals surface area contributed by atoms with Crippen LogP contribution in [0.4, 0.5) is 0 Å². The molecule has 2 heterocycles. The first-order valence-corrected chi connectivity index (χ1v) is 9.35. The first-order valence-electron chi connectivity index (χ1n) is 9.35. The zero-order chi connectivity index (χ0) is 17.4. The molecule has 4 rings (SSSR count). The van der Waals surface area contributed by atoms with Crippen LogP contribution in [0.2, 0.25) is 0 Å². The van der Waals surface area contributed by atoms with E-state index in [1.54, 1.807) is 0 Å². The maximum Gasteiger partial charge on any atom is 0.233 e. The molecule has 1 amide bonds. The van der Waals surface area contributed by atoms with Crippen LogP contribution in [0.15, 0.2) is 24.3 Å². The van der Waals surface area contributed by atoms with Crippen LogP contribution in [0.5, 0.6) is 0 Å². The number of rotatable bonds is 2. The van der Waals surface area contributed by atoms with Gasteiger partial charge in [0, 0.05) is 13.1 Å². The van der Waals surface area contributed by atoms with Gasteiger partial charge in [0.1, 0.15) is 5.82 Å². The highest BCUT2D eigenvalue weighted by Crippen LogP contribution is 2.41. The lowest BCUT2D eigenvalue weighted by Crippen LogP contribution is -2.50. The van der Waals surface area contributed by atoms with Crippen LogP contribution in [0.1, 0.15) is 54.9 Å². The Balaban J connectivity index is 1.67. The number of fused-ring (bicyclic) bond motifs is 1. The SMILES string of the molecule is Cc1cccc(C2(C(=O)N3CCn4c(C)nnc4C3)CCCCC2)c1. The van der Waals surface area contributed by atoms with Crippen LogP contribution in [0.25, 0.3) is 0 Å². The Kier molecular flexibility index (Phi) is 4.10. The molecule has 0 atom stereocenters. The average Bonchev–Trinajstić information content (AvgIpc) is 3.02. The molecule has 1 aliphatic carbocycles. The Morgan fingerprint density at radius 3 is 2.64 bits per heavy atom. The fraction of sp³-hybridized carbons (Fsp3) is 0.550. The summed E-state index contributed by atoms with van der Waals surface area (Å²) in [6.45, 7) is 6.20. The summed E-state index contributed by atoms with van der Waals surface area (Å²) in [7, 11) is 0. The van der Waals surface area contributed by atoms with Crippen LogP contribution in [0.3, 0.4) is 0 Å². The van der Waals surface area contributed by atoms with E-state index in [1.807, 2.05) is 11.8 Å². The molecule has 25 heavy (non-hydrogen) atoms. The predicted octanol–water partition coefficient (Wildman–Crippen LogP) is 3.14. The Morgan fingerprint density at radius 2 is 1.88 bits per heavy atom. The fourth-order valence-electron chi connectivity index (χ4n) is 4.50. The van der Waals surface area contributed by atoms with Gasteiger partial charge in [-0.25, -0.2) is 0 Å². The summed E-state index contributed by atoms with van der Waals surface area (Å²) in [6.07, 6.45) is 5.40. The number of benzene rings is 1. The summed E-state index contributed by atoms with van der Waals surface area (Å²) >= 11 is 0. The normalized spacial score (nSPS) is 19.5. The van der Waals surface area contributed by atoms with Crippen molar-refractivity contribution < 1.29 is 4.79 Å². The number of carbonyl (C=O) groups is 1. The van der Waals surface area contributed by atoms with E-state index in [0.717, 1.165) is 50.4 Å². The fourth-order valence-corrected chi connectivity index (χ4v) is 4.50. The van der Waals surface area contributed by atoms with Gasteiger partial charge in [-0.3, -0.25) is 4.79 Å². The lowest BCUT2D eigenvalue weighted by Gasteiger charge is -2.41. The number of carbonyl (C=O) groups excluding carboxylic acids is 1. The molecule has 1 aliphatic heterocycles. The number of hydrogen-bond donors (Lipinski definition) is 0. The third-order valence-corrected chi connectivity index (χ3v) is 5.91. The van der Waals surface area contributed by atoms with Crippen molar-refractivity contribution in [3.05, 3.63) is 47.0 Å². The quantitative estimate of drug-likeness (QED) is 0.845. The topological polar surface area (TPSA) is 51.0 Å². The van der Waals surface area contributed by atoms with Gasteiger partial charge in [-0.15, -0.1) is 10.2 Å². The molecule has 0 radical (unpaired) electrons. The van der Waals surface area contributed by atoms with Crippen molar-refractivity contribution in [2.75, 3.05) is 6.54 Å². The second-order valence-electron chi connectivity index (χ2n) is 7.55. The van der Waals surface area contributed by atoms with E-state index in [2.05, 4.69) is 46.0 Å². The van der Waals surface area contributed by atoms with Crippen molar-refractivity contribution in [3.63, 3.8) is 0 Å². The van der Waals surface area contributed by atoms with E-state index in [9.17, 15) is 4.79 Å². The van der Waals surface area contributed by atoms with Crippen molar-refractivity contribution in [1.29, 1.82) is 0 Å². The van der Waals surface area contributed by atoms with Crippen LogP contribution in [-0.4, -0.2) is 32.1 Å². The predicted molar refractivity (Wildman–Crippen MR) is 96.1 cm³/mol. The van der Waals surface area contributed by atoms with Crippen molar-refractivity contribution in [2.45, 2.75) is 64.5 Å². The summed E-state index contributed by atoms with van der Waals surface area (Å²) in [5.41, 5.74) is 2.06. The Morgan fingerprint density at radius 1 is 1.08 bits per heavy atom. The molecule has 2 aliphatic rings. The standard InChI is InChI=1S/C20H26N4O/c1-15-7-6-8-17(13-15)20(9-4-3-5-10-20)19(25)23-11-12-24-16(2)21-22-18(24)14-23/h6-8,13H,3-5,9-12,14H2,1-2H3. The van der Waals surface area contributed by atoms with Crippen molar-refractivity contribution >= 4 is 5.91 Å². The molecule has 0 N–H and O–H groups in total. The highest BCUT2D eigenvalue weighted by Gasteiger charge is 2.44. The highest BCUT2D eigenvalue weighted by atomic mass is 16.2. The van der Waals surface area contributed by atoms with Gasteiger partial charge in [0.15, 0.2) is 5.82 Å². The molecular formula is C20H26N4O. The van der Waals surface area contributed by atoms with E-state index >= 15 is 0 Å². The molecule has 1 fully saturated rings. The van der Waals surface area contributed by atoms with Crippen LogP contribution in [0, 0.1) is 13.8 Å². The molecule has 0 saturated heterocycles. The van der Waals surface area contributed by atoms with Gasteiger partial charge >= 0.3 is 0 Å². The number of aromatic nitrogens is 3. The minimum Gasteiger partial charge on any atom is -0.333 e. The van der Waals surface area contributed by atoms with E-state index in [-0.39, 0.29) is 11.3 Å². The van der Waals surface area contributed by atoms with Gasteiger partial charge in [-0.1, -0.05) is 49.1 Å². The summed E-state index contributed by atoms with van der Waals surface area (Å²) in [5.74, 6) is 2.13. The number of hydrogen-bond acceptors (Lipinski definition) is 3. The van der Waals surface area contributed by atoms with E-state index in [4.69, 9.17) is 0 Å². The van der Waals surface area contributed by atoms with Gasteiger partial charge in [-0.05, 0) is 32.3 Å². The second kappa shape index (κ2) is 6.28. The molecule has 5 nitrogen and oxygen atoms in total. The van der Waals surface area contributed by atoms with E-state index in [1.165, 1.54) is 17.5 Å². The van der Waals surface area contributed by atoms with Crippen molar-refractivity contribution in [1.82, 2.24) is 19.7 Å². The molecule has 1 aromatic carbocycles. The van der Waals surface area contributed by atoms with Gasteiger partial charge in [0.2, 0.25) is 5.91 Å². The molecule has 0 spiro atoms. The molecule has 2 aromatic rings. The zero-order valence-electron chi connectivity index (χ0n) is 15.2. The van der Waals surface area contributed by atoms with Crippen molar-refractivity contribution in [2.24, 2.45) is 0 Å². The molecule has 1 saturated carbocycles. The van der Waals surface area contributed by atoms with Crippen molar-refractivity contribution in [3.8, 4) is 0 Å². The molecule has 0 unspecified atom stereocenters. The van der Waals surface area contributed by atoms with Gasteiger partial charge in [-0.2, -0.15) is 0 Å². The first kappa shape index (κ1) is 16.3. The summed E-state index contributed by atoms with van der Waals surface area (Å²) < 4.78 is 2.13. The number of amides is 1. The molecular weight excluding hydrogens is 312 g/mol. The number of nitrogens with zero attached hydrogens (tertiary/aromatic N) is 4. The average molecular weight is 338 g/mol. The van der Waals surface area contributed by atoms with Gasteiger partial charge in [0.05, 0.1) is 12.0 Å². The Labute approximate surface area is 149 Å². The summed E-state index contributed by atoms with van der Waals surface area (Å²) in [4.78, 5) is 15.7. The highest BCUT2D eigenvalue weighted by molar-refractivity contribution is 5.88. The third-order valence-electron chi connectivity index (χ3n) is 5.91. The monoisotopic (exact) mass is 338 g/mol. The molecule has 132 valence electrons. The largest absolute Gasteiger partial charge is 0.333 e. The van der Waals surface area contributed by atoms with Gasteiger partial charge < -0.3 is 9.47 Å². The van der Waals surface area contributed by atoms with Crippen LogP contribution >= 0.6 is 0 Å². The zero-order valence-corrected chi connectivity index (χ0v) is 15.2. The third kappa shape index (κ3) is 2.75. The lowest BCUT2D eigenvalue weighted by atomic mass is 9.68. The molecule has 5 heteroatoms. The van der Waals surface area contributed by atoms with Crippen LogP contribution in [-0.2, 0) is 23.3 Å². The van der Waals surface area contributed by atoms with E-state index < -0.39 is 0 Å². The second-order valence-corrected chi connectivity index (χ2v) is 7.55. The first-order chi connectivity index (χ1) is 12.1. The summed E-state index contributed by atoms with van der Waals surface area (Å²) in [5, 5.41) is 8.43.